The first kappa shape index (κ1) is 27.4. The van der Waals surface area contributed by atoms with E-state index in [0.29, 0.717) is 17.7 Å². The number of halogens is 2. The SMILES string of the molecule is CN(C(=O)C1=NOCc2cc(-c3ccc(F)cc3)ccc21)C(CN1CCCC1)C(O)c1ccc(OC2CC2)c(F)c1. The van der Waals surface area contributed by atoms with Crippen LogP contribution in [0.15, 0.2) is 65.8 Å². The van der Waals surface area contributed by atoms with E-state index in [1.807, 2.05) is 18.2 Å². The number of aliphatic hydroxyl groups is 1. The highest BCUT2D eigenvalue weighted by Gasteiger charge is 2.35. The van der Waals surface area contributed by atoms with E-state index in [0.717, 1.165) is 55.5 Å². The van der Waals surface area contributed by atoms with Crippen LogP contribution in [0.2, 0.25) is 0 Å². The number of likely N-dealkylation sites (N-methyl/N-ethyl adjacent to an activating group) is 1. The summed E-state index contributed by atoms with van der Waals surface area (Å²) in [6.45, 7) is 2.36. The number of carbonyl (C=O) groups excluding carboxylic acids is 1. The van der Waals surface area contributed by atoms with Gasteiger partial charge >= 0.3 is 0 Å². The van der Waals surface area contributed by atoms with Crippen LogP contribution in [0, 0.1) is 11.6 Å². The van der Waals surface area contributed by atoms with Gasteiger partial charge in [-0.2, -0.15) is 0 Å². The van der Waals surface area contributed by atoms with E-state index in [-0.39, 0.29) is 30.0 Å². The number of fused-ring (bicyclic) bond motifs is 1. The highest BCUT2D eigenvalue weighted by molar-refractivity contribution is 6.45. The fourth-order valence-electron chi connectivity index (χ4n) is 5.50. The minimum Gasteiger partial charge on any atom is -0.487 e. The Hall–Kier alpha value is -3.82. The molecular weight excluding hydrogens is 528 g/mol. The molecule has 1 saturated heterocycles. The largest absolute Gasteiger partial charge is 0.487 e. The first-order chi connectivity index (χ1) is 19.9. The molecule has 7 nitrogen and oxygen atoms in total. The van der Waals surface area contributed by atoms with Crippen molar-refractivity contribution >= 4 is 11.6 Å². The molecule has 2 fully saturated rings. The summed E-state index contributed by atoms with van der Waals surface area (Å²) in [6, 6.07) is 15.7. The van der Waals surface area contributed by atoms with Gasteiger partial charge in [-0.1, -0.05) is 35.5 Å². The average Bonchev–Trinajstić information content (AvgIpc) is 3.66. The smallest absolute Gasteiger partial charge is 0.276 e. The molecule has 1 aliphatic carbocycles. The molecule has 3 aromatic carbocycles. The van der Waals surface area contributed by atoms with Gasteiger partial charge < -0.3 is 24.5 Å². The number of nitrogens with zero attached hydrogens (tertiary/aromatic N) is 3. The maximum absolute atomic E-state index is 14.9. The number of benzene rings is 3. The normalized spacial score (nSPS) is 18.2. The fourth-order valence-corrected chi connectivity index (χ4v) is 5.50. The summed E-state index contributed by atoms with van der Waals surface area (Å²) >= 11 is 0. The second kappa shape index (κ2) is 11.6. The number of hydrogen-bond donors (Lipinski definition) is 1. The number of carbonyl (C=O) groups is 1. The molecule has 214 valence electrons. The maximum Gasteiger partial charge on any atom is 0.276 e. The number of likely N-dealkylation sites (tertiary alicyclic amines) is 1. The van der Waals surface area contributed by atoms with Crippen molar-refractivity contribution < 1.29 is 28.3 Å². The van der Waals surface area contributed by atoms with Crippen molar-refractivity contribution in [3.63, 3.8) is 0 Å². The fraction of sp³-hybridized carbons (Fsp3) is 0.375. The Kier molecular flexibility index (Phi) is 7.73. The lowest BCUT2D eigenvalue weighted by molar-refractivity contribution is -0.128. The first-order valence-electron chi connectivity index (χ1n) is 14.1. The van der Waals surface area contributed by atoms with E-state index in [9.17, 15) is 18.7 Å². The van der Waals surface area contributed by atoms with Gasteiger partial charge in [0.05, 0.1) is 12.1 Å². The molecule has 3 aromatic rings. The highest BCUT2D eigenvalue weighted by Crippen LogP contribution is 2.32. The van der Waals surface area contributed by atoms with Crippen molar-refractivity contribution in [2.45, 2.75) is 50.5 Å². The quantitative estimate of drug-likeness (QED) is 0.395. The Morgan fingerprint density at radius 2 is 1.80 bits per heavy atom. The van der Waals surface area contributed by atoms with Gasteiger partial charge in [0, 0.05) is 24.7 Å². The minimum atomic E-state index is -1.14. The van der Waals surface area contributed by atoms with Crippen LogP contribution >= 0.6 is 0 Å². The average molecular weight is 562 g/mol. The number of ether oxygens (including phenoxy) is 1. The molecule has 41 heavy (non-hydrogen) atoms. The monoisotopic (exact) mass is 561 g/mol. The van der Waals surface area contributed by atoms with Gasteiger partial charge in [0.15, 0.2) is 17.3 Å². The van der Waals surface area contributed by atoms with Crippen LogP contribution in [0.5, 0.6) is 5.75 Å². The van der Waals surface area contributed by atoms with E-state index in [1.54, 1.807) is 31.3 Å². The number of oxime groups is 1. The summed E-state index contributed by atoms with van der Waals surface area (Å²) < 4.78 is 33.9. The van der Waals surface area contributed by atoms with Crippen molar-refractivity contribution in [3.05, 3.63) is 89.0 Å². The van der Waals surface area contributed by atoms with Crippen LogP contribution in [0.4, 0.5) is 8.78 Å². The van der Waals surface area contributed by atoms with Crippen LogP contribution in [0.25, 0.3) is 11.1 Å². The third-order valence-corrected chi connectivity index (χ3v) is 8.06. The van der Waals surface area contributed by atoms with Crippen LogP contribution in [-0.2, 0) is 16.2 Å². The molecule has 0 bridgehead atoms. The Labute approximate surface area is 238 Å². The second-order valence-electron chi connectivity index (χ2n) is 11.0. The van der Waals surface area contributed by atoms with E-state index in [2.05, 4.69) is 10.1 Å². The third-order valence-electron chi connectivity index (χ3n) is 8.06. The van der Waals surface area contributed by atoms with Gasteiger partial charge in [0.25, 0.3) is 5.91 Å². The molecule has 1 saturated carbocycles. The summed E-state index contributed by atoms with van der Waals surface area (Å²) in [6.07, 6.45) is 2.84. The standard InChI is InChI=1S/C32H33F2N3O4/c1-36(32(39)30-26-12-6-21(16-23(26)19-40-35-30)20-4-8-24(33)9-5-20)28(18-37-14-2-3-15-37)31(38)22-7-13-29(27(34)17-22)41-25-10-11-25/h4-9,12-13,16-17,25,28,31,38H,2-3,10-11,14-15,18-19H2,1H3. The second-order valence-corrected chi connectivity index (χ2v) is 11.0. The molecule has 3 aliphatic rings. The maximum atomic E-state index is 14.9. The number of amides is 1. The first-order valence-corrected chi connectivity index (χ1v) is 14.1. The van der Waals surface area contributed by atoms with Crippen LogP contribution < -0.4 is 4.74 Å². The summed E-state index contributed by atoms with van der Waals surface area (Å²) in [4.78, 5) is 23.1. The number of aliphatic hydroxyl groups excluding tert-OH is 1. The van der Waals surface area contributed by atoms with Crippen molar-refractivity contribution in [2.75, 3.05) is 26.7 Å². The molecule has 2 heterocycles. The van der Waals surface area contributed by atoms with Crippen molar-refractivity contribution in [1.29, 1.82) is 0 Å². The summed E-state index contributed by atoms with van der Waals surface area (Å²) in [5.41, 5.74) is 3.65. The Morgan fingerprint density at radius 3 is 2.51 bits per heavy atom. The Balaban J connectivity index is 1.25. The third kappa shape index (κ3) is 5.96. The topological polar surface area (TPSA) is 74.6 Å². The van der Waals surface area contributed by atoms with Gasteiger partial charge in [-0.05, 0) is 85.8 Å². The lowest BCUT2D eigenvalue weighted by Gasteiger charge is -2.35. The molecule has 1 amide bonds. The van der Waals surface area contributed by atoms with Gasteiger partial charge in [0.1, 0.15) is 18.5 Å². The van der Waals surface area contributed by atoms with E-state index in [4.69, 9.17) is 9.57 Å². The van der Waals surface area contributed by atoms with Crippen molar-refractivity contribution in [1.82, 2.24) is 9.80 Å². The summed E-state index contributed by atoms with van der Waals surface area (Å²) in [5, 5.41) is 15.6. The van der Waals surface area contributed by atoms with Gasteiger partial charge in [0.2, 0.25) is 0 Å². The van der Waals surface area contributed by atoms with Crippen LogP contribution in [-0.4, -0.2) is 65.4 Å². The van der Waals surface area contributed by atoms with Gasteiger partial charge in [-0.3, -0.25) is 4.79 Å². The zero-order valence-electron chi connectivity index (χ0n) is 22.9. The molecule has 2 unspecified atom stereocenters. The van der Waals surface area contributed by atoms with E-state index < -0.39 is 23.9 Å². The predicted octanol–water partition coefficient (Wildman–Crippen LogP) is 5.06. The molecule has 0 radical (unpaired) electrons. The zero-order chi connectivity index (χ0) is 28.5. The molecule has 2 aliphatic heterocycles. The Bertz CT molecular complexity index is 1450. The summed E-state index contributed by atoms with van der Waals surface area (Å²) in [5.74, 6) is -1.07. The molecule has 0 aromatic heterocycles. The Morgan fingerprint density at radius 1 is 1.07 bits per heavy atom. The molecule has 2 atom stereocenters. The molecular formula is C32H33F2N3O4. The van der Waals surface area contributed by atoms with E-state index in [1.165, 1.54) is 23.1 Å². The van der Waals surface area contributed by atoms with Crippen LogP contribution in [0.3, 0.4) is 0 Å². The predicted molar refractivity (Wildman–Crippen MR) is 150 cm³/mol. The molecule has 1 N–H and O–H groups in total. The van der Waals surface area contributed by atoms with Crippen molar-refractivity contribution in [3.8, 4) is 16.9 Å². The molecule has 0 spiro atoms. The highest BCUT2D eigenvalue weighted by atomic mass is 19.1. The van der Waals surface area contributed by atoms with Crippen molar-refractivity contribution in [2.24, 2.45) is 5.16 Å². The van der Waals surface area contributed by atoms with Gasteiger partial charge in [-0.25, -0.2) is 8.78 Å². The van der Waals surface area contributed by atoms with Crippen LogP contribution in [0.1, 0.15) is 48.5 Å². The van der Waals surface area contributed by atoms with E-state index >= 15 is 0 Å². The number of rotatable bonds is 9. The lowest BCUT2D eigenvalue weighted by Crippen LogP contribution is -2.50. The number of hydrogen-bond acceptors (Lipinski definition) is 6. The lowest BCUT2D eigenvalue weighted by atomic mass is 9.95. The summed E-state index contributed by atoms with van der Waals surface area (Å²) in [7, 11) is 1.64. The zero-order valence-corrected chi connectivity index (χ0v) is 22.9. The molecule has 9 heteroatoms. The molecule has 6 rings (SSSR count). The minimum absolute atomic E-state index is 0.0556. The van der Waals surface area contributed by atoms with Gasteiger partial charge in [-0.15, -0.1) is 0 Å².